The number of hydrogen-bond acceptors (Lipinski definition) is 5. The Morgan fingerprint density at radius 3 is 2.16 bits per heavy atom. The van der Waals surface area contributed by atoms with Crippen molar-refractivity contribution in [1.29, 1.82) is 0 Å². The van der Waals surface area contributed by atoms with E-state index in [0.29, 0.717) is 0 Å². The normalized spacial score (nSPS) is 11.6. The molecule has 106 valence electrons. The van der Waals surface area contributed by atoms with Crippen LogP contribution in [0.5, 0.6) is 11.8 Å². The standard InChI is InChI=1S/C11H13F3N2O3/c1-5(2)7-9(19-6(3)17)16-8(11(12,13)14)10(15-7)18-4/h5H,1-4H3. The molecule has 0 saturated heterocycles. The van der Waals surface area contributed by atoms with Crippen LogP contribution in [0, 0.1) is 0 Å². The number of nitrogens with zero attached hydrogens (tertiary/aromatic N) is 2. The molecule has 0 N–H and O–H groups in total. The van der Waals surface area contributed by atoms with Gasteiger partial charge in [-0.15, -0.1) is 0 Å². The number of rotatable bonds is 3. The molecule has 0 bridgehead atoms. The van der Waals surface area contributed by atoms with Gasteiger partial charge in [0.15, 0.2) is 0 Å². The van der Waals surface area contributed by atoms with Crippen molar-refractivity contribution < 1.29 is 27.4 Å². The maximum absolute atomic E-state index is 12.8. The van der Waals surface area contributed by atoms with E-state index in [1.165, 1.54) is 0 Å². The van der Waals surface area contributed by atoms with Gasteiger partial charge in [-0.05, 0) is 0 Å². The van der Waals surface area contributed by atoms with Gasteiger partial charge in [-0.3, -0.25) is 4.79 Å². The van der Waals surface area contributed by atoms with Crippen LogP contribution in [0.1, 0.15) is 38.1 Å². The third kappa shape index (κ3) is 3.55. The van der Waals surface area contributed by atoms with Crippen LogP contribution in [0.15, 0.2) is 0 Å². The fourth-order valence-electron chi connectivity index (χ4n) is 1.33. The summed E-state index contributed by atoms with van der Waals surface area (Å²) in [6.45, 7) is 4.44. The molecule has 0 aliphatic heterocycles. The molecule has 5 nitrogen and oxygen atoms in total. The summed E-state index contributed by atoms with van der Waals surface area (Å²) in [7, 11) is 1.06. The van der Waals surface area contributed by atoms with Gasteiger partial charge >= 0.3 is 12.1 Å². The molecule has 0 unspecified atom stereocenters. The minimum absolute atomic E-state index is 0.125. The molecule has 19 heavy (non-hydrogen) atoms. The van der Waals surface area contributed by atoms with Crippen LogP contribution in [-0.4, -0.2) is 23.0 Å². The van der Waals surface area contributed by atoms with Gasteiger partial charge in [0, 0.05) is 12.8 Å². The van der Waals surface area contributed by atoms with E-state index in [2.05, 4.69) is 19.4 Å². The highest BCUT2D eigenvalue weighted by Crippen LogP contribution is 2.37. The summed E-state index contributed by atoms with van der Waals surface area (Å²) in [6.07, 6.45) is -4.75. The van der Waals surface area contributed by atoms with Crippen molar-refractivity contribution in [2.75, 3.05) is 7.11 Å². The largest absolute Gasteiger partial charge is 0.479 e. The van der Waals surface area contributed by atoms with Crippen LogP contribution in [-0.2, 0) is 11.0 Å². The quantitative estimate of drug-likeness (QED) is 0.795. The molecule has 0 fully saturated rings. The molecule has 0 aliphatic carbocycles. The molecule has 8 heteroatoms. The van der Waals surface area contributed by atoms with Crippen LogP contribution in [0.25, 0.3) is 0 Å². The van der Waals surface area contributed by atoms with Crippen molar-refractivity contribution in [3.63, 3.8) is 0 Å². The molecule has 0 saturated carbocycles. The second-order valence-corrected chi connectivity index (χ2v) is 4.02. The van der Waals surface area contributed by atoms with E-state index in [-0.39, 0.29) is 11.6 Å². The molecule has 1 heterocycles. The van der Waals surface area contributed by atoms with Gasteiger partial charge in [0.25, 0.3) is 0 Å². The number of aromatic nitrogens is 2. The fraction of sp³-hybridized carbons (Fsp3) is 0.545. The molecule has 1 aromatic heterocycles. The summed E-state index contributed by atoms with van der Waals surface area (Å²) in [5.74, 6) is -2.14. The van der Waals surface area contributed by atoms with Gasteiger partial charge in [0.2, 0.25) is 17.5 Å². The Hall–Kier alpha value is -1.86. The van der Waals surface area contributed by atoms with E-state index < -0.39 is 29.6 Å². The molecule has 0 spiro atoms. The number of alkyl halides is 3. The van der Waals surface area contributed by atoms with Crippen molar-refractivity contribution in [3.05, 3.63) is 11.4 Å². The maximum Gasteiger partial charge on any atom is 0.438 e. The van der Waals surface area contributed by atoms with Crippen LogP contribution in [0.4, 0.5) is 13.2 Å². The smallest absolute Gasteiger partial charge is 0.438 e. The number of halogens is 3. The Labute approximate surface area is 107 Å². The van der Waals surface area contributed by atoms with Crippen molar-refractivity contribution in [2.24, 2.45) is 0 Å². The molecule has 0 aliphatic rings. The van der Waals surface area contributed by atoms with Crippen molar-refractivity contribution in [1.82, 2.24) is 9.97 Å². The summed E-state index contributed by atoms with van der Waals surface area (Å²) < 4.78 is 47.6. The number of esters is 1. The number of carbonyl (C=O) groups is 1. The predicted octanol–water partition coefficient (Wildman–Crippen LogP) is 2.55. The van der Waals surface area contributed by atoms with Crippen LogP contribution >= 0.6 is 0 Å². The second-order valence-electron chi connectivity index (χ2n) is 4.02. The Morgan fingerprint density at radius 1 is 1.21 bits per heavy atom. The number of hydrogen-bond donors (Lipinski definition) is 0. The Morgan fingerprint density at radius 2 is 1.79 bits per heavy atom. The lowest BCUT2D eigenvalue weighted by molar-refractivity contribution is -0.144. The Kier molecular flexibility index (Phi) is 4.33. The molecular weight excluding hydrogens is 265 g/mol. The highest BCUT2D eigenvalue weighted by Gasteiger charge is 2.39. The highest BCUT2D eigenvalue weighted by atomic mass is 19.4. The first kappa shape index (κ1) is 15.2. The lowest BCUT2D eigenvalue weighted by atomic mass is 10.1. The second kappa shape index (κ2) is 5.41. The van der Waals surface area contributed by atoms with E-state index in [0.717, 1.165) is 14.0 Å². The molecule has 0 atom stereocenters. The first-order valence-electron chi connectivity index (χ1n) is 5.38. The van der Waals surface area contributed by atoms with Crippen LogP contribution in [0.2, 0.25) is 0 Å². The zero-order chi connectivity index (χ0) is 14.8. The fourth-order valence-corrected chi connectivity index (χ4v) is 1.33. The third-order valence-electron chi connectivity index (χ3n) is 2.11. The SMILES string of the molecule is COc1nc(C(C)C)c(OC(C)=O)nc1C(F)(F)F. The van der Waals surface area contributed by atoms with Crippen LogP contribution in [0.3, 0.4) is 0 Å². The molecule has 0 radical (unpaired) electrons. The molecular formula is C11H13F3N2O3. The zero-order valence-electron chi connectivity index (χ0n) is 10.8. The number of ether oxygens (including phenoxy) is 2. The average molecular weight is 278 g/mol. The minimum atomic E-state index is -4.75. The Bertz CT molecular complexity index is 487. The van der Waals surface area contributed by atoms with Gasteiger partial charge in [0.05, 0.1) is 7.11 Å². The molecule has 1 aromatic rings. The van der Waals surface area contributed by atoms with Gasteiger partial charge < -0.3 is 9.47 Å². The van der Waals surface area contributed by atoms with E-state index in [9.17, 15) is 18.0 Å². The summed E-state index contributed by atoms with van der Waals surface area (Å²) in [4.78, 5) is 17.9. The third-order valence-corrected chi connectivity index (χ3v) is 2.11. The van der Waals surface area contributed by atoms with E-state index >= 15 is 0 Å². The minimum Gasteiger partial charge on any atom is -0.479 e. The van der Waals surface area contributed by atoms with Crippen molar-refractivity contribution >= 4 is 5.97 Å². The summed E-state index contributed by atoms with van der Waals surface area (Å²) >= 11 is 0. The first-order valence-corrected chi connectivity index (χ1v) is 5.38. The van der Waals surface area contributed by atoms with Gasteiger partial charge in [-0.25, -0.2) is 9.97 Å². The van der Waals surface area contributed by atoms with Gasteiger partial charge in [-0.1, -0.05) is 13.8 Å². The lowest BCUT2D eigenvalue weighted by Crippen LogP contribution is -2.16. The zero-order valence-corrected chi connectivity index (χ0v) is 10.8. The number of carbonyl (C=O) groups excluding carboxylic acids is 1. The van der Waals surface area contributed by atoms with Gasteiger partial charge in [-0.2, -0.15) is 13.2 Å². The summed E-state index contributed by atoms with van der Waals surface area (Å²) in [5.41, 5.74) is -1.20. The molecule has 1 rings (SSSR count). The Balaban J connectivity index is 3.47. The summed E-state index contributed by atoms with van der Waals surface area (Å²) in [5, 5.41) is 0. The maximum atomic E-state index is 12.8. The molecule has 0 aromatic carbocycles. The van der Waals surface area contributed by atoms with Gasteiger partial charge in [0.1, 0.15) is 5.69 Å². The predicted molar refractivity (Wildman–Crippen MR) is 59.0 cm³/mol. The van der Waals surface area contributed by atoms with Crippen molar-refractivity contribution in [2.45, 2.75) is 32.9 Å². The topological polar surface area (TPSA) is 61.3 Å². The highest BCUT2D eigenvalue weighted by molar-refractivity contribution is 5.69. The van der Waals surface area contributed by atoms with E-state index in [4.69, 9.17) is 0 Å². The lowest BCUT2D eigenvalue weighted by Gasteiger charge is -2.15. The first-order chi connectivity index (χ1) is 8.66. The van der Waals surface area contributed by atoms with E-state index in [1.807, 2.05) is 0 Å². The molecule has 0 amide bonds. The number of methoxy groups -OCH3 is 1. The van der Waals surface area contributed by atoms with E-state index in [1.54, 1.807) is 13.8 Å². The van der Waals surface area contributed by atoms with Crippen molar-refractivity contribution in [3.8, 4) is 11.8 Å². The monoisotopic (exact) mass is 278 g/mol. The van der Waals surface area contributed by atoms with Crippen LogP contribution < -0.4 is 9.47 Å². The average Bonchev–Trinajstić information content (AvgIpc) is 2.26. The summed E-state index contributed by atoms with van der Waals surface area (Å²) in [6, 6.07) is 0.